The highest BCUT2D eigenvalue weighted by atomic mass is 19.4. The Morgan fingerprint density at radius 2 is 1.95 bits per heavy atom. The van der Waals surface area contributed by atoms with Crippen molar-refractivity contribution in [3.05, 3.63) is 35.1 Å². The Labute approximate surface area is 116 Å². The summed E-state index contributed by atoms with van der Waals surface area (Å²) in [6, 6.07) is 1.78. The molecule has 0 radical (unpaired) electrons. The molecule has 0 amide bonds. The fourth-order valence-corrected chi connectivity index (χ4v) is 2.28. The lowest BCUT2D eigenvalue weighted by molar-refractivity contribution is -0.137. The Morgan fingerprint density at radius 3 is 2.45 bits per heavy atom. The van der Waals surface area contributed by atoms with Crippen LogP contribution in [0, 0.1) is 11.7 Å². The Balaban J connectivity index is 3.02. The average molecular weight is 292 g/mol. The third-order valence-electron chi connectivity index (χ3n) is 3.32. The zero-order valence-corrected chi connectivity index (χ0v) is 11.6. The topological polar surface area (TPSA) is 38.0 Å². The molecule has 0 aliphatic carbocycles. The van der Waals surface area contributed by atoms with Crippen LogP contribution in [-0.4, -0.2) is 0 Å². The molecule has 0 aliphatic rings. The monoisotopic (exact) mass is 292 g/mol. The van der Waals surface area contributed by atoms with Gasteiger partial charge in [0.25, 0.3) is 0 Å². The molecule has 2 unspecified atom stereocenters. The molecule has 0 aliphatic heterocycles. The van der Waals surface area contributed by atoms with E-state index >= 15 is 0 Å². The number of alkyl halides is 3. The lowest BCUT2D eigenvalue weighted by Crippen LogP contribution is -2.30. The first kappa shape index (κ1) is 16.9. The first-order valence-corrected chi connectivity index (χ1v) is 6.62. The molecule has 2 atom stereocenters. The van der Waals surface area contributed by atoms with Crippen LogP contribution in [0.3, 0.4) is 0 Å². The van der Waals surface area contributed by atoms with E-state index in [9.17, 15) is 17.6 Å². The maximum Gasteiger partial charge on any atom is 0.416 e. The highest BCUT2D eigenvalue weighted by Gasteiger charge is 2.32. The van der Waals surface area contributed by atoms with Gasteiger partial charge in [0.15, 0.2) is 0 Å². The second-order valence-corrected chi connectivity index (χ2v) is 5.08. The fraction of sp³-hybridized carbons (Fsp3) is 0.571. The summed E-state index contributed by atoms with van der Waals surface area (Å²) in [5.41, 5.74) is 1.52. The summed E-state index contributed by atoms with van der Waals surface area (Å²) in [5.74, 6) is 4.95. The summed E-state index contributed by atoms with van der Waals surface area (Å²) in [4.78, 5) is 0. The molecule has 6 heteroatoms. The van der Waals surface area contributed by atoms with Crippen LogP contribution in [-0.2, 0) is 6.18 Å². The van der Waals surface area contributed by atoms with Gasteiger partial charge < -0.3 is 0 Å². The summed E-state index contributed by atoms with van der Waals surface area (Å²) in [7, 11) is 0. The van der Waals surface area contributed by atoms with Gasteiger partial charge in [0.2, 0.25) is 0 Å². The zero-order chi connectivity index (χ0) is 15.3. The van der Waals surface area contributed by atoms with Gasteiger partial charge in [-0.2, -0.15) is 13.2 Å². The van der Waals surface area contributed by atoms with Crippen LogP contribution in [0.1, 0.15) is 50.3 Å². The summed E-state index contributed by atoms with van der Waals surface area (Å²) >= 11 is 0. The number of hydrogen-bond acceptors (Lipinski definition) is 2. The SMILES string of the molecule is CCCC(C)CC(NN)c1cc(C(F)(F)F)ccc1F. The van der Waals surface area contributed by atoms with E-state index < -0.39 is 23.6 Å². The summed E-state index contributed by atoms with van der Waals surface area (Å²) in [6.07, 6.45) is -2.12. The first-order chi connectivity index (χ1) is 9.29. The molecular formula is C14H20F4N2. The van der Waals surface area contributed by atoms with Crippen LogP contribution in [0.5, 0.6) is 0 Å². The Hall–Kier alpha value is -1.14. The summed E-state index contributed by atoms with van der Waals surface area (Å²) in [5, 5.41) is 0. The largest absolute Gasteiger partial charge is 0.416 e. The number of hydrogen-bond donors (Lipinski definition) is 2. The van der Waals surface area contributed by atoms with Gasteiger partial charge in [-0.05, 0) is 30.5 Å². The van der Waals surface area contributed by atoms with E-state index in [2.05, 4.69) is 5.43 Å². The Morgan fingerprint density at radius 1 is 1.30 bits per heavy atom. The average Bonchev–Trinajstić information content (AvgIpc) is 2.35. The second kappa shape index (κ2) is 7.04. The highest BCUT2D eigenvalue weighted by Crippen LogP contribution is 2.33. The normalized spacial score (nSPS) is 15.2. The molecule has 1 aromatic rings. The summed E-state index contributed by atoms with van der Waals surface area (Å²) < 4.78 is 51.8. The molecule has 0 fully saturated rings. The van der Waals surface area contributed by atoms with Gasteiger partial charge in [0.1, 0.15) is 5.82 Å². The van der Waals surface area contributed by atoms with Gasteiger partial charge >= 0.3 is 6.18 Å². The molecule has 0 bridgehead atoms. The van der Waals surface area contributed by atoms with Gasteiger partial charge in [-0.15, -0.1) is 0 Å². The van der Waals surface area contributed by atoms with E-state index in [0.29, 0.717) is 6.42 Å². The van der Waals surface area contributed by atoms with Crippen LogP contribution < -0.4 is 11.3 Å². The van der Waals surface area contributed by atoms with Crippen molar-refractivity contribution in [2.75, 3.05) is 0 Å². The van der Waals surface area contributed by atoms with Crippen molar-refractivity contribution in [2.24, 2.45) is 11.8 Å². The molecule has 0 spiro atoms. The molecule has 0 heterocycles. The molecule has 3 N–H and O–H groups in total. The minimum Gasteiger partial charge on any atom is -0.271 e. The molecule has 114 valence electrons. The fourth-order valence-electron chi connectivity index (χ4n) is 2.28. The smallest absolute Gasteiger partial charge is 0.271 e. The number of halogens is 4. The minimum absolute atomic E-state index is 0.0368. The van der Waals surface area contributed by atoms with Crippen LogP contribution in [0.2, 0.25) is 0 Å². The van der Waals surface area contributed by atoms with Gasteiger partial charge in [-0.3, -0.25) is 11.3 Å². The lowest BCUT2D eigenvalue weighted by Gasteiger charge is -2.22. The van der Waals surface area contributed by atoms with Crippen molar-refractivity contribution in [1.82, 2.24) is 5.43 Å². The Bertz CT molecular complexity index is 432. The number of nitrogens with one attached hydrogen (secondary N) is 1. The number of rotatable bonds is 6. The number of nitrogens with two attached hydrogens (primary N) is 1. The first-order valence-electron chi connectivity index (χ1n) is 6.62. The highest BCUT2D eigenvalue weighted by molar-refractivity contribution is 5.29. The van der Waals surface area contributed by atoms with E-state index in [4.69, 9.17) is 5.84 Å². The third kappa shape index (κ3) is 4.45. The van der Waals surface area contributed by atoms with Gasteiger partial charge in [-0.25, -0.2) is 4.39 Å². The van der Waals surface area contributed by atoms with Gasteiger partial charge in [0, 0.05) is 11.6 Å². The van der Waals surface area contributed by atoms with Crippen molar-refractivity contribution in [1.29, 1.82) is 0 Å². The van der Waals surface area contributed by atoms with E-state index in [-0.39, 0.29) is 11.5 Å². The second-order valence-electron chi connectivity index (χ2n) is 5.08. The van der Waals surface area contributed by atoms with E-state index in [0.717, 1.165) is 31.0 Å². The van der Waals surface area contributed by atoms with Crippen molar-refractivity contribution in [3.8, 4) is 0 Å². The van der Waals surface area contributed by atoms with Crippen molar-refractivity contribution in [3.63, 3.8) is 0 Å². The molecule has 0 saturated heterocycles. The molecular weight excluding hydrogens is 272 g/mol. The minimum atomic E-state index is -4.49. The van der Waals surface area contributed by atoms with E-state index in [1.165, 1.54) is 0 Å². The summed E-state index contributed by atoms with van der Waals surface area (Å²) in [6.45, 7) is 3.99. The van der Waals surface area contributed by atoms with Gasteiger partial charge in [0.05, 0.1) is 5.56 Å². The van der Waals surface area contributed by atoms with E-state index in [1.807, 2.05) is 13.8 Å². The van der Waals surface area contributed by atoms with Crippen molar-refractivity contribution >= 4 is 0 Å². The van der Waals surface area contributed by atoms with Crippen molar-refractivity contribution < 1.29 is 17.6 Å². The predicted molar refractivity (Wildman–Crippen MR) is 70.2 cm³/mol. The molecule has 1 rings (SSSR count). The molecule has 1 aromatic carbocycles. The molecule has 0 aromatic heterocycles. The van der Waals surface area contributed by atoms with Crippen LogP contribution in [0.15, 0.2) is 18.2 Å². The number of hydrazine groups is 1. The lowest BCUT2D eigenvalue weighted by atomic mass is 9.92. The number of benzene rings is 1. The molecule has 2 nitrogen and oxygen atoms in total. The van der Waals surface area contributed by atoms with Gasteiger partial charge in [-0.1, -0.05) is 26.7 Å². The third-order valence-corrected chi connectivity index (χ3v) is 3.32. The van der Waals surface area contributed by atoms with Crippen LogP contribution in [0.4, 0.5) is 17.6 Å². The standard InChI is InChI=1S/C14H20F4N2/c1-3-4-9(2)7-13(20-19)11-8-10(14(16,17)18)5-6-12(11)15/h5-6,8-9,13,20H,3-4,7,19H2,1-2H3. The molecule has 20 heavy (non-hydrogen) atoms. The molecule has 0 saturated carbocycles. The van der Waals surface area contributed by atoms with Crippen molar-refractivity contribution in [2.45, 2.75) is 45.3 Å². The van der Waals surface area contributed by atoms with Crippen LogP contribution in [0.25, 0.3) is 0 Å². The zero-order valence-electron chi connectivity index (χ0n) is 11.6. The quantitative estimate of drug-likeness (QED) is 0.469. The van der Waals surface area contributed by atoms with Crippen LogP contribution >= 0.6 is 0 Å². The van der Waals surface area contributed by atoms with E-state index in [1.54, 1.807) is 0 Å². The predicted octanol–water partition coefficient (Wildman–Crippen LogP) is 4.18. The maximum atomic E-state index is 13.8. The Kier molecular flexibility index (Phi) is 5.95. The maximum absolute atomic E-state index is 13.8.